The standard InChI is InChI=1S/C36H36F6N2O6/c1-20-9-11-23(16-27(20)30(48)44(19-46)33(5,6)7)34(35(37,38)39,36(40,41)42)24-12-10-21(18-45)28(17-24)29(47)43(8)26-14-22(31(49)50)13-25(15-26)32(2,3)4/h9-19H,1-8H3,(H,49,50). The number of benzene rings is 3. The zero-order valence-corrected chi connectivity index (χ0v) is 28.5. The van der Waals surface area contributed by atoms with Gasteiger partial charge in [-0.2, -0.15) is 26.3 Å². The van der Waals surface area contributed by atoms with Gasteiger partial charge in [-0.25, -0.2) is 4.79 Å². The van der Waals surface area contributed by atoms with Gasteiger partial charge in [-0.1, -0.05) is 45.0 Å². The van der Waals surface area contributed by atoms with E-state index in [-0.39, 0.29) is 29.5 Å². The van der Waals surface area contributed by atoms with Crippen molar-refractivity contribution >= 4 is 36.2 Å². The minimum absolute atomic E-state index is 0.0138. The van der Waals surface area contributed by atoms with Gasteiger partial charge in [0.05, 0.1) is 11.1 Å². The van der Waals surface area contributed by atoms with Gasteiger partial charge >= 0.3 is 18.3 Å². The second-order valence-corrected chi connectivity index (χ2v) is 13.8. The molecular weight excluding hydrogens is 670 g/mol. The average Bonchev–Trinajstić information content (AvgIpc) is 2.98. The number of carbonyl (C=O) groups excluding carboxylic acids is 4. The molecule has 3 aromatic rings. The van der Waals surface area contributed by atoms with E-state index in [4.69, 9.17) is 0 Å². The molecule has 14 heteroatoms. The van der Waals surface area contributed by atoms with Gasteiger partial charge in [-0.15, -0.1) is 0 Å². The lowest BCUT2D eigenvalue weighted by Crippen LogP contribution is -2.55. The first-order chi connectivity index (χ1) is 22.7. The molecule has 50 heavy (non-hydrogen) atoms. The first-order valence-electron chi connectivity index (χ1n) is 15.0. The molecule has 0 radical (unpaired) electrons. The molecule has 0 saturated heterocycles. The molecule has 3 aromatic carbocycles. The van der Waals surface area contributed by atoms with Crippen molar-refractivity contribution in [3.05, 3.63) is 99.1 Å². The number of aryl methyl sites for hydroxylation is 1. The Bertz CT molecular complexity index is 1840. The average molecular weight is 707 g/mol. The predicted octanol–water partition coefficient (Wildman–Crippen LogP) is 7.89. The first kappa shape index (κ1) is 39.4. The molecular formula is C36H36F6N2O6. The van der Waals surface area contributed by atoms with Gasteiger partial charge < -0.3 is 10.0 Å². The highest BCUT2D eigenvalue weighted by atomic mass is 19.4. The molecule has 0 fully saturated rings. The summed E-state index contributed by atoms with van der Waals surface area (Å²) in [6.07, 6.45) is -12.1. The number of aromatic carboxylic acids is 1. The molecule has 3 rings (SSSR count). The number of halogens is 6. The third-order valence-electron chi connectivity index (χ3n) is 8.36. The van der Waals surface area contributed by atoms with Crippen LogP contribution >= 0.6 is 0 Å². The quantitative estimate of drug-likeness (QED) is 0.188. The molecule has 0 heterocycles. The number of hydrogen-bond acceptors (Lipinski definition) is 5. The Morgan fingerprint density at radius 3 is 1.66 bits per heavy atom. The van der Waals surface area contributed by atoms with Crippen molar-refractivity contribution < 1.29 is 55.4 Å². The molecule has 8 nitrogen and oxygen atoms in total. The fourth-order valence-electron chi connectivity index (χ4n) is 5.44. The smallest absolute Gasteiger partial charge is 0.411 e. The van der Waals surface area contributed by atoms with Crippen LogP contribution in [0.3, 0.4) is 0 Å². The van der Waals surface area contributed by atoms with E-state index in [1.807, 2.05) is 0 Å². The van der Waals surface area contributed by atoms with Crippen LogP contribution in [0.1, 0.15) is 105 Å². The fourth-order valence-corrected chi connectivity index (χ4v) is 5.44. The second-order valence-electron chi connectivity index (χ2n) is 13.8. The lowest BCUT2D eigenvalue weighted by atomic mass is 9.71. The highest BCUT2D eigenvalue weighted by Crippen LogP contribution is 2.56. The molecule has 0 spiro atoms. The van der Waals surface area contributed by atoms with Crippen molar-refractivity contribution in [3.8, 4) is 0 Å². The number of amides is 3. The van der Waals surface area contributed by atoms with Gasteiger partial charge in [0.2, 0.25) is 11.8 Å². The van der Waals surface area contributed by atoms with Crippen molar-refractivity contribution in [3.63, 3.8) is 0 Å². The maximum Gasteiger partial charge on any atom is 0.411 e. The van der Waals surface area contributed by atoms with Crippen LogP contribution in [-0.4, -0.2) is 65.4 Å². The van der Waals surface area contributed by atoms with E-state index >= 15 is 26.3 Å². The van der Waals surface area contributed by atoms with E-state index in [1.165, 1.54) is 39.8 Å². The van der Waals surface area contributed by atoms with E-state index in [9.17, 15) is 29.1 Å². The van der Waals surface area contributed by atoms with Crippen LogP contribution in [0, 0.1) is 6.92 Å². The van der Waals surface area contributed by atoms with Gasteiger partial charge in [-0.3, -0.25) is 24.1 Å². The minimum atomic E-state index is -6.14. The number of carboxylic acid groups (broad SMARTS) is 1. The molecule has 0 aliphatic rings. The summed E-state index contributed by atoms with van der Waals surface area (Å²) in [5, 5.41) is 9.66. The molecule has 1 N–H and O–H groups in total. The van der Waals surface area contributed by atoms with Crippen LogP contribution in [0.2, 0.25) is 0 Å². The summed E-state index contributed by atoms with van der Waals surface area (Å²) < 4.78 is 91.3. The van der Waals surface area contributed by atoms with Crippen molar-refractivity contribution in [2.75, 3.05) is 11.9 Å². The number of rotatable bonds is 8. The Hall–Kier alpha value is -5.01. The highest BCUT2D eigenvalue weighted by Gasteiger charge is 2.72. The lowest BCUT2D eigenvalue weighted by Gasteiger charge is -2.39. The third kappa shape index (κ3) is 7.15. The van der Waals surface area contributed by atoms with Crippen LogP contribution in [0.4, 0.5) is 32.0 Å². The molecule has 0 aliphatic carbocycles. The van der Waals surface area contributed by atoms with Crippen LogP contribution in [0.5, 0.6) is 0 Å². The third-order valence-corrected chi connectivity index (χ3v) is 8.36. The van der Waals surface area contributed by atoms with Crippen molar-refractivity contribution in [2.45, 2.75) is 77.2 Å². The Morgan fingerprint density at radius 1 is 0.700 bits per heavy atom. The van der Waals surface area contributed by atoms with Gasteiger partial charge in [-0.05, 0) is 85.7 Å². The predicted molar refractivity (Wildman–Crippen MR) is 173 cm³/mol. The van der Waals surface area contributed by atoms with Crippen molar-refractivity contribution in [1.82, 2.24) is 4.90 Å². The van der Waals surface area contributed by atoms with Crippen LogP contribution < -0.4 is 4.90 Å². The Kier molecular flexibility index (Phi) is 10.5. The number of anilines is 1. The summed E-state index contributed by atoms with van der Waals surface area (Å²) >= 11 is 0. The SMILES string of the molecule is Cc1ccc(C(c2ccc(C=O)c(C(=O)N(C)c3cc(C(=O)O)cc(C(C)(C)C)c3)c2)(C(F)(F)F)C(F)(F)F)cc1C(=O)N(C=O)C(C)(C)C. The van der Waals surface area contributed by atoms with Crippen molar-refractivity contribution in [1.29, 1.82) is 0 Å². The topological polar surface area (TPSA) is 112 Å². The number of hydrogen-bond donors (Lipinski definition) is 1. The molecule has 0 aliphatic heterocycles. The van der Waals surface area contributed by atoms with Gasteiger partial charge in [0.1, 0.15) is 0 Å². The number of aldehydes is 1. The minimum Gasteiger partial charge on any atom is -0.478 e. The highest BCUT2D eigenvalue weighted by molar-refractivity contribution is 6.10. The monoisotopic (exact) mass is 706 g/mol. The van der Waals surface area contributed by atoms with E-state index in [0.29, 0.717) is 40.8 Å². The maximum atomic E-state index is 15.2. The Labute approximate surface area is 284 Å². The van der Waals surface area contributed by atoms with Crippen molar-refractivity contribution in [2.24, 2.45) is 0 Å². The normalized spacial score (nSPS) is 12.7. The maximum absolute atomic E-state index is 15.2. The Balaban J connectivity index is 2.39. The fraction of sp³-hybridized carbons (Fsp3) is 0.361. The zero-order valence-electron chi connectivity index (χ0n) is 28.5. The second kappa shape index (κ2) is 13.4. The van der Waals surface area contributed by atoms with E-state index in [0.717, 1.165) is 24.1 Å². The van der Waals surface area contributed by atoms with E-state index in [2.05, 4.69) is 0 Å². The molecule has 0 atom stereocenters. The van der Waals surface area contributed by atoms with Crippen LogP contribution in [-0.2, 0) is 15.6 Å². The summed E-state index contributed by atoms with van der Waals surface area (Å²) in [4.78, 5) is 64.3. The van der Waals surface area contributed by atoms with Gasteiger partial charge in [0.15, 0.2) is 6.29 Å². The van der Waals surface area contributed by atoms with Gasteiger partial charge in [0.25, 0.3) is 11.8 Å². The largest absolute Gasteiger partial charge is 0.478 e. The summed E-state index contributed by atoms with van der Waals surface area (Å²) in [7, 11) is 1.13. The van der Waals surface area contributed by atoms with Gasteiger partial charge in [0, 0.05) is 29.4 Å². The van der Waals surface area contributed by atoms with Crippen LogP contribution in [0.25, 0.3) is 0 Å². The molecule has 0 unspecified atom stereocenters. The summed E-state index contributed by atoms with van der Waals surface area (Å²) in [6, 6.07) is 7.17. The molecule has 0 bridgehead atoms. The number of imide groups is 1. The number of carboxylic acids is 1. The molecule has 0 saturated carbocycles. The molecule has 0 aromatic heterocycles. The first-order valence-corrected chi connectivity index (χ1v) is 15.0. The Morgan fingerprint density at radius 2 is 1.22 bits per heavy atom. The number of carbonyl (C=O) groups is 5. The number of nitrogens with zero attached hydrogens (tertiary/aromatic N) is 2. The zero-order chi connectivity index (χ0) is 38.4. The van der Waals surface area contributed by atoms with E-state index < -0.39 is 74.3 Å². The lowest BCUT2D eigenvalue weighted by molar-refractivity contribution is -0.288. The summed E-state index contributed by atoms with van der Waals surface area (Å²) in [5.74, 6) is -3.71. The van der Waals surface area contributed by atoms with Crippen LogP contribution in [0.15, 0.2) is 54.6 Å². The van der Waals surface area contributed by atoms with E-state index in [1.54, 1.807) is 20.8 Å². The molecule has 3 amide bonds. The molecule has 268 valence electrons. The summed E-state index contributed by atoms with van der Waals surface area (Å²) in [5.41, 5.74) is -11.4. The summed E-state index contributed by atoms with van der Waals surface area (Å²) in [6.45, 7) is 10.9. The number of alkyl halides is 6.